The van der Waals surface area contributed by atoms with Crippen LogP contribution in [0.2, 0.25) is 0 Å². The standard InChI is InChI=1S/C23H28N2O4S/c1-4-5-15-6-8-16(9-7-15)21(27)24-22-20(23(28)29)17-10-11-25(13-18(17)30-22)19(26)12-14(2)3/h6-9,14H,4-5,10-13H2,1-3H3,(H,24,27)(H,28,29). The summed E-state index contributed by atoms with van der Waals surface area (Å²) in [6.07, 6.45) is 2.95. The van der Waals surface area contributed by atoms with Gasteiger partial charge >= 0.3 is 5.97 Å². The second kappa shape index (κ2) is 9.43. The number of hydrogen-bond donors (Lipinski definition) is 2. The van der Waals surface area contributed by atoms with Crippen molar-refractivity contribution in [3.05, 3.63) is 51.4 Å². The maximum atomic E-state index is 12.7. The van der Waals surface area contributed by atoms with Crippen molar-refractivity contribution in [3.63, 3.8) is 0 Å². The van der Waals surface area contributed by atoms with Gasteiger partial charge in [-0.3, -0.25) is 9.59 Å². The van der Waals surface area contributed by atoms with Crippen LogP contribution in [0.4, 0.5) is 5.00 Å². The molecule has 3 rings (SSSR count). The van der Waals surface area contributed by atoms with Gasteiger partial charge in [0.1, 0.15) is 5.00 Å². The summed E-state index contributed by atoms with van der Waals surface area (Å²) in [4.78, 5) is 39.7. The summed E-state index contributed by atoms with van der Waals surface area (Å²) in [5.41, 5.74) is 2.54. The van der Waals surface area contributed by atoms with E-state index < -0.39 is 5.97 Å². The van der Waals surface area contributed by atoms with Crippen molar-refractivity contribution in [3.8, 4) is 0 Å². The number of carboxylic acids is 1. The maximum Gasteiger partial charge on any atom is 0.339 e. The molecule has 0 aliphatic carbocycles. The van der Waals surface area contributed by atoms with Gasteiger partial charge in [-0.05, 0) is 42.0 Å². The highest BCUT2D eigenvalue weighted by Crippen LogP contribution is 2.37. The molecule has 2 amide bonds. The third kappa shape index (κ3) is 4.90. The fourth-order valence-corrected chi connectivity index (χ4v) is 4.95. The zero-order valence-electron chi connectivity index (χ0n) is 17.7. The molecule has 0 bridgehead atoms. The molecule has 0 fully saturated rings. The van der Waals surface area contributed by atoms with Crippen LogP contribution in [0.5, 0.6) is 0 Å². The van der Waals surface area contributed by atoms with E-state index in [-0.39, 0.29) is 23.3 Å². The first-order valence-corrected chi connectivity index (χ1v) is 11.2. The third-order valence-corrected chi connectivity index (χ3v) is 6.32. The number of carboxylic acid groups (broad SMARTS) is 1. The van der Waals surface area contributed by atoms with Crippen LogP contribution < -0.4 is 5.32 Å². The Morgan fingerprint density at radius 3 is 2.50 bits per heavy atom. The fourth-order valence-electron chi connectivity index (χ4n) is 3.70. The van der Waals surface area contributed by atoms with Crippen molar-refractivity contribution in [2.24, 2.45) is 5.92 Å². The van der Waals surface area contributed by atoms with E-state index in [0.717, 1.165) is 28.8 Å². The molecule has 30 heavy (non-hydrogen) atoms. The smallest absolute Gasteiger partial charge is 0.339 e. The van der Waals surface area contributed by atoms with E-state index in [1.165, 1.54) is 11.3 Å². The number of thiophene rings is 1. The average Bonchev–Trinajstić information content (AvgIpc) is 3.05. The Morgan fingerprint density at radius 1 is 1.20 bits per heavy atom. The van der Waals surface area contributed by atoms with Crippen molar-refractivity contribution in [2.75, 3.05) is 11.9 Å². The molecule has 6 nitrogen and oxygen atoms in total. The molecule has 0 atom stereocenters. The van der Waals surface area contributed by atoms with Crippen molar-refractivity contribution in [1.82, 2.24) is 4.90 Å². The number of aryl methyl sites for hydroxylation is 1. The Labute approximate surface area is 180 Å². The van der Waals surface area contributed by atoms with Gasteiger partial charge in [-0.2, -0.15) is 0 Å². The number of nitrogens with zero attached hydrogens (tertiary/aromatic N) is 1. The third-order valence-electron chi connectivity index (χ3n) is 5.19. The number of benzene rings is 1. The van der Waals surface area contributed by atoms with Crippen molar-refractivity contribution in [1.29, 1.82) is 0 Å². The lowest BCUT2D eigenvalue weighted by atomic mass is 10.0. The SMILES string of the molecule is CCCc1ccc(C(=O)Nc2sc3c(c2C(=O)O)CCN(C(=O)CC(C)C)C3)cc1. The molecule has 1 aliphatic heterocycles. The summed E-state index contributed by atoms with van der Waals surface area (Å²) in [5, 5.41) is 12.9. The Morgan fingerprint density at radius 2 is 1.90 bits per heavy atom. The number of fused-ring (bicyclic) bond motifs is 1. The quantitative estimate of drug-likeness (QED) is 0.676. The molecule has 0 saturated heterocycles. The molecule has 1 aromatic heterocycles. The normalized spacial score (nSPS) is 13.3. The summed E-state index contributed by atoms with van der Waals surface area (Å²) in [5.74, 6) is -1.02. The lowest BCUT2D eigenvalue weighted by molar-refractivity contribution is -0.132. The van der Waals surface area contributed by atoms with Gasteiger partial charge in [0, 0.05) is 23.4 Å². The maximum absolute atomic E-state index is 12.7. The zero-order valence-corrected chi connectivity index (χ0v) is 18.5. The van der Waals surface area contributed by atoms with E-state index in [1.807, 2.05) is 26.0 Å². The molecule has 160 valence electrons. The molecule has 2 heterocycles. The zero-order chi connectivity index (χ0) is 21.8. The summed E-state index contributed by atoms with van der Waals surface area (Å²) in [6.45, 7) is 7.01. The van der Waals surface area contributed by atoms with Gasteiger partial charge in [-0.15, -0.1) is 11.3 Å². The van der Waals surface area contributed by atoms with Crippen LogP contribution in [0.3, 0.4) is 0 Å². The number of carbonyl (C=O) groups excluding carboxylic acids is 2. The molecule has 1 aromatic carbocycles. The first-order chi connectivity index (χ1) is 14.3. The summed E-state index contributed by atoms with van der Waals surface area (Å²) >= 11 is 1.26. The second-order valence-electron chi connectivity index (χ2n) is 8.08. The van der Waals surface area contributed by atoms with Crippen LogP contribution in [-0.4, -0.2) is 34.3 Å². The highest BCUT2D eigenvalue weighted by molar-refractivity contribution is 7.17. The Bertz CT molecular complexity index is 947. The number of rotatable bonds is 7. The van der Waals surface area contributed by atoms with Crippen LogP contribution >= 0.6 is 11.3 Å². The molecule has 0 spiro atoms. The van der Waals surface area contributed by atoms with Crippen LogP contribution in [0, 0.1) is 5.92 Å². The van der Waals surface area contributed by atoms with Crippen molar-refractivity contribution in [2.45, 2.75) is 53.0 Å². The molecule has 7 heteroatoms. The van der Waals surface area contributed by atoms with Gasteiger partial charge in [0.05, 0.1) is 12.1 Å². The minimum Gasteiger partial charge on any atom is -0.478 e. The van der Waals surface area contributed by atoms with Gasteiger partial charge in [0.25, 0.3) is 5.91 Å². The van der Waals surface area contributed by atoms with Crippen LogP contribution in [0.1, 0.15) is 70.3 Å². The summed E-state index contributed by atoms with van der Waals surface area (Å²) < 4.78 is 0. The highest BCUT2D eigenvalue weighted by Gasteiger charge is 2.30. The van der Waals surface area contributed by atoms with Gasteiger partial charge in [0.2, 0.25) is 5.91 Å². The van der Waals surface area contributed by atoms with E-state index in [0.29, 0.717) is 36.5 Å². The summed E-state index contributed by atoms with van der Waals surface area (Å²) in [6, 6.07) is 7.38. The fraction of sp³-hybridized carbons (Fsp3) is 0.435. The second-order valence-corrected chi connectivity index (χ2v) is 9.18. The summed E-state index contributed by atoms with van der Waals surface area (Å²) in [7, 11) is 0. The highest BCUT2D eigenvalue weighted by atomic mass is 32.1. The number of amides is 2. The number of hydrogen-bond acceptors (Lipinski definition) is 4. The number of anilines is 1. The Hall–Kier alpha value is -2.67. The number of carbonyl (C=O) groups is 3. The topological polar surface area (TPSA) is 86.7 Å². The van der Waals surface area contributed by atoms with E-state index in [9.17, 15) is 19.5 Å². The van der Waals surface area contributed by atoms with E-state index in [1.54, 1.807) is 17.0 Å². The molecular weight excluding hydrogens is 400 g/mol. The monoisotopic (exact) mass is 428 g/mol. The van der Waals surface area contributed by atoms with Crippen molar-refractivity contribution >= 4 is 34.1 Å². The van der Waals surface area contributed by atoms with E-state index >= 15 is 0 Å². The lowest BCUT2D eigenvalue weighted by Crippen LogP contribution is -2.36. The van der Waals surface area contributed by atoms with Gasteiger partial charge < -0.3 is 15.3 Å². The molecule has 0 saturated carbocycles. The van der Waals surface area contributed by atoms with Crippen LogP contribution in [0.15, 0.2) is 24.3 Å². The molecule has 0 radical (unpaired) electrons. The molecule has 2 aromatic rings. The molecule has 2 N–H and O–H groups in total. The Balaban J connectivity index is 1.80. The van der Waals surface area contributed by atoms with E-state index in [4.69, 9.17) is 0 Å². The number of nitrogens with one attached hydrogen (secondary N) is 1. The van der Waals surface area contributed by atoms with E-state index in [2.05, 4.69) is 12.2 Å². The molecule has 1 aliphatic rings. The lowest BCUT2D eigenvalue weighted by Gasteiger charge is -2.27. The minimum atomic E-state index is -1.05. The minimum absolute atomic E-state index is 0.0821. The first-order valence-electron chi connectivity index (χ1n) is 10.4. The molecule has 0 unspecified atom stereocenters. The van der Waals surface area contributed by atoms with Crippen LogP contribution in [-0.2, 0) is 24.2 Å². The predicted molar refractivity (Wildman–Crippen MR) is 118 cm³/mol. The Kier molecular flexibility index (Phi) is 6.92. The predicted octanol–water partition coefficient (Wildman–Crippen LogP) is 4.58. The van der Waals surface area contributed by atoms with Gasteiger partial charge in [0.15, 0.2) is 0 Å². The first kappa shape index (κ1) is 22.0. The largest absolute Gasteiger partial charge is 0.478 e. The number of aromatic carboxylic acids is 1. The van der Waals surface area contributed by atoms with Crippen LogP contribution in [0.25, 0.3) is 0 Å². The van der Waals surface area contributed by atoms with Gasteiger partial charge in [-0.25, -0.2) is 4.79 Å². The van der Waals surface area contributed by atoms with Crippen molar-refractivity contribution < 1.29 is 19.5 Å². The average molecular weight is 429 g/mol. The molecular formula is C23H28N2O4S. The van der Waals surface area contributed by atoms with Gasteiger partial charge in [-0.1, -0.05) is 39.3 Å².